The van der Waals surface area contributed by atoms with E-state index >= 15 is 0 Å². The molecule has 0 fully saturated rings. The fourth-order valence-corrected chi connectivity index (χ4v) is 4.94. The fraction of sp³-hybridized carbons (Fsp3) is 0.304. The zero-order valence-corrected chi connectivity index (χ0v) is 19.0. The number of carbonyl (C=O) groups is 1. The number of anilines is 1. The van der Waals surface area contributed by atoms with Crippen molar-refractivity contribution in [2.45, 2.75) is 18.9 Å². The molecule has 2 N–H and O–H groups in total. The first-order valence-electron chi connectivity index (χ1n) is 10.3. The molecule has 0 radical (unpaired) electrons. The van der Waals surface area contributed by atoms with Gasteiger partial charge in [-0.1, -0.05) is 30.4 Å². The van der Waals surface area contributed by atoms with Crippen LogP contribution in [0, 0.1) is 13.8 Å². The number of nitrogens with one attached hydrogen (secondary N) is 1. The van der Waals surface area contributed by atoms with Gasteiger partial charge in [0.05, 0.1) is 18.8 Å². The van der Waals surface area contributed by atoms with Crippen LogP contribution in [0.4, 0.5) is 5.69 Å². The third-order valence-corrected chi connectivity index (χ3v) is 6.86. The van der Waals surface area contributed by atoms with Crippen molar-refractivity contribution in [2.24, 2.45) is 0 Å². The van der Waals surface area contributed by atoms with Crippen LogP contribution in [-0.2, 0) is 14.8 Å². The number of nitrogens with zero attached hydrogens (tertiary/aromatic N) is 3. The van der Waals surface area contributed by atoms with Crippen LogP contribution in [0.5, 0.6) is 0 Å². The first-order valence-corrected chi connectivity index (χ1v) is 11.8. The minimum absolute atomic E-state index is 0.0892. The summed E-state index contributed by atoms with van der Waals surface area (Å²) in [6.45, 7) is 3.86. The summed E-state index contributed by atoms with van der Waals surface area (Å²) in [6.07, 6.45) is 7.11. The molecule has 2 aromatic rings. The maximum Gasteiger partial charge on any atom is 0.282 e. The summed E-state index contributed by atoms with van der Waals surface area (Å²) in [5.41, 5.74) is 2.56. The van der Waals surface area contributed by atoms with Crippen LogP contribution in [0.3, 0.4) is 0 Å². The molecule has 1 amide bonds. The second-order valence-corrected chi connectivity index (χ2v) is 9.29. The predicted octanol–water partition coefficient (Wildman–Crippen LogP) is 1.76. The molecule has 3 rings (SSSR count). The van der Waals surface area contributed by atoms with Crippen LogP contribution in [-0.4, -0.2) is 62.1 Å². The van der Waals surface area contributed by atoms with Gasteiger partial charge in [0.25, 0.3) is 10.0 Å². The number of amides is 1. The number of aliphatic hydroxyl groups excluding tert-OH is 1. The maximum absolute atomic E-state index is 13.6. The molecule has 1 aliphatic rings. The minimum atomic E-state index is -4.11. The number of dihydropyridines is 1. The van der Waals surface area contributed by atoms with E-state index in [1.807, 2.05) is 31.2 Å². The van der Waals surface area contributed by atoms with Crippen LogP contribution < -0.4 is 9.62 Å². The van der Waals surface area contributed by atoms with E-state index in [2.05, 4.69) is 10.3 Å². The van der Waals surface area contributed by atoms with Gasteiger partial charge in [0.1, 0.15) is 6.54 Å². The van der Waals surface area contributed by atoms with E-state index in [1.165, 1.54) is 11.1 Å². The molecule has 1 aromatic carbocycles. The number of aliphatic hydroxyl groups is 1. The molecule has 2 heterocycles. The zero-order valence-electron chi connectivity index (χ0n) is 18.2. The van der Waals surface area contributed by atoms with E-state index in [4.69, 9.17) is 0 Å². The third kappa shape index (κ3) is 5.54. The molecule has 8 nitrogen and oxygen atoms in total. The molecule has 32 heavy (non-hydrogen) atoms. The van der Waals surface area contributed by atoms with Crippen molar-refractivity contribution in [3.63, 3.8) is 0 Å². The smallest absolute Gasteiger partial charge is 0.282 e. The number of sulfonamides is 1. The summed E-state index contributed by atoms with van der Waals surface area (Å²) < 4.78 is 28.3. The van der Waals surface area contributed by atoms with Crippen LogP contribution in [0.2, 0.25) is 0 Å². The van der Waals surface area contributed by atoms with Crippen molar-refractivity contribution >= 4 is 21.6 Å². The first-order chi connectivity index (χ1) is 15.3. The number of allylic oxidation sites excluding steroid dienone is 2. The Labute approximate surface area is 188 Å². The van der Waals surface area contributed by atoms with Crippen LogP contribution >= 0.6 is 0 Å². The maximum atomic E-state index is 13.6. The molecule has 0 unspecified atom stereocenters. The van der Waals surface area contributed by atoms with Gasteiger partial charge in [0.2, 0.25) is 5.91 Å². The van der Waals surface area contributed by atoms with Crippen molar-refractivity contribution in [3.8, 4) is 0 Å². The summed E-state index contributed by atoms with van der Waals surface area (Å²) in [6, 6.07) is 10.3. The van der Waals surface area contributed by atoms with E-state index in [0.29, 0.717) is 17.8 Å². The van der Waals surface area contributed by atoms with Crippen molar-refractivity contribution in [3.05, 3.63) is 77.6 Å². The molecule has 0 saturated carbocycles. The lowest BCUT2D eigenvalue weighted by Gasteiger charge is -2.29. The molecular formula is C23H28N4O4S. The Morgan fingerprint density at radius 3 is 2.69 bits per heavy atom. The number of carbonyl (C=O) groups excluding carboxylic acids is 1. The molecule has 0 spiro atoms. The third-order valence-electron chi connectivity index (χ3n) is 5.03. The highest BCUT2D eigenvalue weighted by molar-refractivity contribution is 7.92. The molecule has 0 saturated heterocycles. The first kappa shape index (κ1) is 23.5. The summed E-state index contributed by atoms with van der Waals surface area (Å²) >= 11 is 0. The number of pyridine rings is 1. The van der Waals surface area contributed by atoms with Gasteiger partial charge < -0.3 is 15.3 Å². The van der Waals surface area contributed by atoms with Gasteiger partial charge >= 0.3 is 0 Å². The Morgan fingerprint density at radius 1 is 1.22 bits per heavy atom. The average molecular weight is 457 g/mol. The van der Waals surface area contributed by atoms with Gasteiger partial charge in [-0.05, 0) is 49.2 Å². The fourth-order valence-electron chi connectivity index (χ4n) is 3.39. The lowest BCUT2D eigenvalue weighted by Crippen LogP contribution is -2.46. The summed E-state index contributed by atoms with van der Waals surface area (Å²) in [5.74, 6) is -0.421. The predicted molar refractivity (Wildman–Crippen MR) is 124 cm³/mol. The number of benzene rings is 1. The highest BCUT2D eigenvalue weighted by Gasteiger charge is 2.31. The second kappa shape index (κ2) is 10.4. The molecule has 0 aliphatic carbocycles. The number of hydrogen-bond donors (Lipinski definition) is 2. The summed E-state index contributed by atoms with van der Waals surface area (Å²) in [4.78, 5) is 18.8. The van der Waals surface area contributed by atoms with Crippen LogP contribution in [0.15, 0.2) is 71.5 Å². The molecule has 1 aliphatic heterocycles. The quantitative estimate of drug-likeness (QED) is 0.596. The summed E-state index contributed by atoms with van der Waals surface area (Å²) in [7, 11) is -4.11. The zero-order chi connectivity index (χ0) is 23.1. The van der Waals surface area contributed by atoms with E-state index in [0.717, 1.165) is 15.6 Å². The topological polar surface area (TPSA) is 103 Å². The van der Waals surface area contributed by atoms with Gasteiger partial charge in [-0.25, -0.2) is 4.98 Å². The average Bonchev–Trinajstić information content (AvgIpc) is 2.77. The largest absolute Gasteiger partial charge is 0.395 e. The SMILES string of the molecule is Cc1cccc(N(CC(=O)N(CCO)CC2=CC=CCN2)S(=O)(=O)c2ncccc2C)c1. The van der Waals surface area contributed by atoms with Gasteiger partial charge in [-0.15, -0.1) is 0 Å². The molecular weight excluding hydrogens is 428 g/mol. The Bertz CT molecular complexity index is 1130. The Morgan fingerprint density at radius 2 is 2.03 bits per heavy atom. The minimum Gasteiger partial charge on any atom is -0.395 e. The number of rotatable bonds is 9. The lowest BCUT2D eigenvalue weighted by atomic mass is 10.2. The lowest BCUT2D eigenvalue weighted by molar-refractivity contribution is -0.129. The Hall–Kier alpha value is -3.17. The second-order valence-electron chi connectivity index (χ2n) is 7.52. The van der Waals surface area contributed by atoms with Gasteiger partial charge in [-0.3, -0.25) is 9.10 Å². The van der Waals surface area contributed by atoms with Crippen molar-refractivity contribution in [1.82, 2.24) is 15.2 Å². The van der Waals surface area contributed by atoms with E-state index in [9.17, 15) is 18.3 Å². The molecule has 9 heteroatoms. The Balaban J connectivity index is 1.96. The molecule has 0 atom stereocenters. The van der Waals surface area contributed by atoms with E-state index in [1.54, 1.807) is 37.3 Å². The standard InChI is InChI=1S/C23H28N4O4S/c1-18-7-5-10-21(15-18)27(32(30,31)23-19(2)8-6-12-25-23)17-22(29)26(13-14-28)16-20-9-3-4-11-24-20/h3-10,12,15,24,28H,11,13-14,16-17H2,1-2H3. The van der Waals surface area contributed by atoms with Gasteiger partial charge in [0.15, 0.2) is 5.03 Å². The van der Waals surface area contributed by atoms with E-state index in [-0.39, 0.29) is 24.7 Å². The highest BCUT2D eigenvalue weighted by atomic mass is 32.2. The van der Waals surface area contributed by atoms with Crippen molar-refractivity contribution in [1.29, 1.82) is 0 Å². The van der Waals surface area contributed by atoms with Crippen LogP contribution in [0.25, 0.3) is 0 Å². The van der Waals surface area contributed by atoms with Crippen LogP contribution in [0.1, 0.15) is 11.1 Å². The van der Waals surface area contributed by atoms with E-state index < -0.39 is 22.5 Å². The van der Waals surface area contributed by atoms with Crippen molar-refractivity contribution in [2.75, 3.05) is 37.1 Å². The number of aryl methyl sites for hydroxylation is 2. The van der Waals surface area contributed by atoms with Gasteiger partial charge in [-0.2, -0.15) is 8.42 Å². The number of hydrogen-bond acceptors (Lipinski definition) is 6. The monoisotopic (exact) mass is 456 g/mol. The highest BCUT2D eigenvalue weighted by Crippen LogP contribution is 2.25. The molecule has 170 valence electrons. The normalized spacial score (nSPS) is 13.3. The summed E-state index contributed by atoms with van der Waals surface area (Å²) in [5, 5.41) is 12.6. The molecule has 0 bridgehead atoms. The van der Waals surface area contributed by atoms with Crippen molar-refractivity contribution < 1.29 is 18.3 Å². The number of aromatic nitrogens is 1. The van der Waals surface area contributed by atoms with Gasteiger partial charge in [0, 0.05) is 25.0 Å². The molecule has 1 aromatic heterocycles. The Kier molecular flexibility index (Phi) is 7.66.